The minimum absolute atomic E-state index is 0.100. The number of nitrogens with zero attached hydrogens (tertiary/aromatic N) is 5. The molecule has 1 aromatic heterocycles. The van der Waals surface area contributed by atoms with Gasteiger partial charge in [0.05, 0.1) is 6.67 Å². The van der Waals surface area contributed by atoms with Crippen molar-refractivity contribution >= 4 is 23.7 Å². The summed E-state index contributed by atoms with van der Waals surface area (Å²) in [5, 5.41) is 4.83. The zero-order valence-electron chi connectivity index (χ0n) is 17.7. The summed E-state index contributed by atoms with van der Waals surface area (Å²) < 4.78 is 4.65. The van der Waals surface area contributed by atoms with Crippen molar-refractivity contribution < 1.29 is 4.79 Å². The Labute approximate surface area is 182 Å². The van der Waals surface area contributed by atoms with E-state index >= 15 is 0 Å². The van der Waals surface area contributed by atoms with Crippen molar-refractivity contribution in [2.24, 2.45) is 7.05 Å². The van der Waals surface area contributed by atoms with Gasteiger partial charge in [-0.1, -0.05) is 24.3 Å². The molecule has 4 rings (SSSR count). The SMILES string of the molecule is CC(=O)c1ccc(N2CCN(Cn3nc(-c4ccccc4C)n(C)c3=S)CC2)cc1. The molecule has 0 amide bonds. The predicted octanol–water partition coefficient (Wildman–Crippen LogP) is 3.91. The standard InChI is InChI=1S/C23H27N5OS/c1-17-6-4-5-7-21(17)22-24-28(23(30)25(22)3)16-26-12-14-27(15-13-26)20-10-8-19(9-11-20)18(2)29/h4-11H,12-16H2,1-3H3. The van der Waals surface area contributed by atoms with Crippen LogP contribution in [-0.4, -0.2) is 51.2 Å². The second-order valence-corrected chi connectivity index (χ2v) is 8.19. The third-order valence-electron chi connectivity index (χ3n) is 5.77. The van der Waals surface area contributed by atoms with E-state index in [4.69, 9.17) is 17.3 Å². The van der Waals surface area contributed by atoms with Gasteiger partial charge < -0.3 is 9.47 Å². The topological polar surface area (TPSA) is 46.3 Å². The first-order valence-electron chi connectivity index (χ1n) is 10.2. The molecule has 30 heavy (non-hydrogen) atoms. The highest BCUT2D eigenvalue weighted by Crippen LogP contribution is 2.22. The molecule has 1 aliphatic rings. The molecule has 0 aliphatic carbocycles. The van der Waals surface area contributed by atoms with Crippen molar-refractivity contribution in [3.63, 3.8) is 0 Å². The molecule has 156 valence electrons. The van der Waals surface area contributed by atoms with Gasteiger partial charge in [0.15, 0.2) is 16.4 Å². The van der Waals surface area contributed by atoms with Crippen molar-refractivity contribution in [1.82, 2.24) is 19.2 Å². The highest BCUT2D eigenvalue weighted by atomic mass is 32.1. The molecule has 0 radical (unpaired) electrons. The Morgan fingerprint density at radius 1 is 1.03 bits per heavy atom. The summed E-state index contributed by atoms with van der Waals surface area (Å²) in [5.74, 6) is 1.01. The number of rotatable bonds is 5. The van der Waals surface area contributed by atoms with Gasteiger partial charge in [-0.25, -0.2) is 4.68 Å². The monoisotopic (exact) mass is 421 g/mol. The van der Waals surface area contributed by atoms with E-state index in [0.29, 0.717) is 6.67 Å². The molecule has 1 aliphatic heterocycles. The van der Waals surface area contributed by atoms with Gasteiger partial charge in [0, 0.05) is 50.0 Å². The Bertz CT molecular complexity index is 1110. The van der Waals surface area contributed by atoms with E-state index in [0.717, 1.165) is 53.6 Å². The minimum atomic E-state index is 0.100. The second kappa shape index (κ2) is 8.53. The van der Waals surface area contributed by atoms with E-state index in [1.807, 2.05) is 52.7 Å². The van der Waals surface area contributed by atoms with Gasteiger partial charge in [0.1, 0.15) is 0 Å². The maximum absolute atomic E-state index is 11.5. The summed E-state index contributed by atoms with van der Waals surface area (Å²) in [4.78, 5) is 16.2. The quantitative estimate of drug-likeness (QED) is 0.462. The maximum Gasteiger partial charge on any atom is 0.199 e. The number of piperazine rings is 1. The van der Waals surface area contributed by atoms with Crippen molar-refractivity contribution in [3.05, 3.63) is 64.4 Å². The molecular formula is C23H27N5OS. The van der Waals surface area contributed by atoms with Crippen LogP contribution < -0.4 is 4.90 Å². The number of hydrogen-bond donors (Lipinski definition) is 0. The summed E-state index contributed by atoms with van der Waals surface area (Å²) in [5.41, 5.74) is 4.23. The van der Waals surface area contributed by atoms with Crippen LogP contribution >= 0.6 is 12.2 Å². The Kier molecular flexibility index (Phi) is 5.83. The van der Waals surface area contributed by atoms with E-state index in [-0.39, 0.29) is 5.78 Å². The van der Waals surface area contributed by atoms with Gasteiger partial charge in [-0.05, 0) is 55.9 Å². The number of ketones is 1. The molecule has 1 saturated heterocycles. The summed E-state index contributed by atoms with van der Waals surface area (Å²) in [6.45, 7) is 8.13. The smallest absolute Gasteiger partial charge is 0.199 e. The van der Waals surface area contributed by atoms with Crippen molar-refractivity contribution in [2.75, 3.05) is 31.1 Å². The zero-order chi connectivity index (χ0) is 21.3. The van der Waals surface area contributed by atoms with Gasteiger partial charge in [-0.2, -0.15) is 5.10 Å². The van der Waals surface area contributed by atoms with Crippen LogP contribution in [0.4, 0.5) is 5.69 Å². The molecule has 3 aromatic rings. The fraction of sp³-hybridized carbons (Fsp3) is 0.348. The van der Waals surface area contributed by atoms with E-state index in [1.165, 1.54) is 5.56 Å². The summed E-state index contributed by atoms with van der Waals surface area (Å²) in [7, 11) is 1.98. The second-order valence-electron chi connectivity index (χ2n) is 7.83. The first kappa shape index (κ1) is 20.5. The molecule has 0 N–H and O–H groups in total. The predicted molar refractivity (Wildman–Crippen MR) is 122 cm³/mol. The Balaban J connectivity index is 1.43. The highest BCUT2D eigenvalue weighted by Gasteiger charge is 2.19. The molecule has 2 heterocycles. The van der Waals surface area contributed by atoms with E-state index in [2.05, 4.69) is 28.9 Å². The average Bonchev–Trinajstić information content (AvgIpc) is 3.03. The van der Waals surface area contributed by atoms with Crippen LogP contribution in [0.15, 0.2) is 48.5 Å². The van der Waals surface area contributed by atoms with Crippen molar-refractivity contribution in [1.29, 1.82) is 0 Å². The molecule has 0 bridgehead atoms. The lowest BCUT2D eigenvalue weighted by Crippen LogP contribution is -2.47. The van der Waals surface area contributed by atoms with E-state index in [1.54, 1.807) is 6.92 Å². The van der Waals surface area contributed by atoms with Crippen LogP contribution in [-0.2, 0) is 13.7 Å². The van der Waals surface area contributed by atoms with Gasteiger partial charge in [0.2, 0.25) is 0 Å². The van der Waals surface area contributed by atoms with Crippen LogP contribution in [0.3, 0.4) is 0 Å². The lowest BCUT2D eigenvalue weighted by Gasteiger charge is -2.35. The van der Waals surface area contributed by atoms with E-state index in [9.17, 15) is 4.79 Å². The maximum atomic E-state index is 11.5. The molecule has 1 fully saturated rings. The molecule has 0 unspecified atom stereocenters. The van der Waals surface area contributed by atoms with Gasteiger partial charge in [-0.3, -0.25) is 9.69 Å². The van der Waals surface area contributed by atoms with E-state index < -0.39 is 0 Å². The Morgan fingerprint density at radius 2 is 1.70 bits per heavy atom. The fourth-order valence-corrected chi connectivity index (χ4v) is 4.07. The lowest BCUT2D eigenvalue weighted by molar-refractivity contribution is 0.101. The highest BCUT2D eigenvalue weighted by molar-refractivity contribution is 7.71. The fourth-order valence-electron chi connectivity index (χ4n) is 3.88. The number of carbonyl (C=O) groups is 1. The normalized spacial score (nSPS) is 14.8. The molecule has 0 spiro atoms. The number of carbonyl (C=O) groups excluding carboxylic acids is 1. The van der Waals surface area contributed by atoms with Crippen molar-refractivity contribution in [3.8, 4) is 11.4 Å². The minimum Gasteiger partial charge on any atom is -0.369 e. The summed E-state index contributed by atoms with van der Waals surface area (Å²) >= 11 is 5.66. The lowest BCUT2D eigenvalue weighted by atomic mass is 10.1. The first-order chi connectivity index (χ1) is 14.4. The van der Waals surface area contributed by atoms with Gasteiger partial charge in [-0.15, -0.1) is 0 Å². The Morgan fingerprint density at radius 3 is 2.33 bits per heavy atom. The van der Waals surface area contributed by atoms with Crippen LogP contribution in [0.2, 0.25) is 0 Å². The molecule has 0 atom stereocenters. The summed E-state index contributed by atoms with van der Waals surface area (Å²) in [6, 6.07) is 16.1. The van der Waals surface area contributed by atoms with Crippen LogP contribution in [0.1, 0.15) is 22.8 Å². The van der Waals surface area contributed by atoms with Crippen molar-refractivity contribution in [2.45, 2.75) is 20.5 Å². The number of aryl methyl sites for hydroxylation is 1. The number of Topliss-reactive ketones (excluding diaryl/α,β-unsaturated/α-hetero) is 1. The van der Waals surface area contributed by atoms with Crippen LogP contribution in [0.5, 0.6) is 0 Å². The number of aromatic nitrogens is 3. The number of anilines is 1. The number of hydrogen-bond acceptors (Lipinski definition) is 5. The largest absolute Gasteiger partial charge is 0.369 e. The van der Waals surface area contributed by atoms with Crippen LogP contribution in [0, 0.1) is 11.7 Å². The molecule has 2 aromatic carbocycles. The third-order valence-corrected chi connectivity index (χ3v) is 6.26. The summed E-state index contributed by atoms with van der Waals surface area (Å²) in [6.07, 6.45) is 0. The van der Waals surface area contributed by atoms with Gasteiger partial charge in [0.25, 0.3) is 0 Å². The molecule has 0 saturated carbocycles. The molecule has 7 heteroatoms. The first-order valence-corrected chi connectivity index (χ1v) is 10.6. The molecular weight excluding hydrogens is 394 g/mol. The number of benzene rings is 2. The molecule has 6 nitrogen and oxygen atoms in total. The van der Waals surface area contributed by atoms with Crippen LogP contribution in [0.25, 0.3) is 11.4 Å². The van der Waals surface area contributed by atoms with Gasteiger partial charge >= 0.3 is 0 Å². The third kappa shape index (κ3) is 4.08. The zero-order valence-corrected chi connectivity index (χ0v) is 18.5. The Hall–Kier alpha value is -2.77. The average molecular weight is 422 g/mol.